The van der Waals surface area contributed by atoms with E-state index in [1.54, 1.807) is 0 Å². The van der Waals surface area contributed by atoms with Crippen LogP contribution in [0.15, 0.2) is 114 Å². The third-order valence-electron chi connectivity index (χ3n) is 4.60. The fourth-order valence-electron chi connectivity index (χ4n) is 3.27. The van der Waals surface area contributed by atoms with Crippen LogP contribution in [0.2, 0.25) is 0 Å². The predicted octanol–water partition coefficient (Wildman–Crippen LogP) is 6.65. The maximum atomic E-state index is 2.77. The van der Waals surface area contributed by atoms with Crippen LogP contribution in [0.1, 0.15) is 6.92 Å². The molecule has 27 heavy (non-hydrogen) atoms. The maximum absolute atomic E-state index is 2.77. The van der Waals surface area contributed by atoms with E-state index in [1.807, 2.05) is 11.8 Å². The Morgan fingerprint density at radius 2 is 1.11 bits per heavy atom. The topological polar surface area (TPSA) is 0 Å². The fraction of sp³-hybridized carbons (Fsp3) is 0.0833. The van der Waals surface area contributed by atoms with Gasteiger partial charge in [0, 0.05) is 0 Å². The quantitative estimate of drug-likeness (QED) is 0.198. The third kappa shape index (κ3) is 4.08. The van der Waals surface area contributed by atoms with E-state index in [0.29, 0.717) is 0 Å². The summed E-state index contributed by atoms with van der Waals surface area (Å²) < 4.78 is -2.77. The van der Waals surface area contributed by atoms with Gasteiger partial charge in [-0.15, -0.1) is 0 Å². The van der Waals surface area contributed by atoms with Crippen LogP contribution in [-0.4, -0.2) is 5.75 Å². The molecule has 0 nitrogen and oxygen atoms in total. The number of halogens is 1. The van der Waals surface area contributed by atoms with Crippen molar-refractivity contribution in [3.63, 3.8) is 0 Å². The van der Waals surface area contributed by atoms with Gasteiger partial charge in [-0.1, -0.05) is 0 Å². The van der Waals surface area contributed by atoms with Crippen molar-refractivity contribution in [2.75, 3.05) is 5.75 Å². The summed E-state index contributed by atoms with van der Waals surface area (Å²) >= 11 is 4.60. The second-order valence-corrected chi connectivity index (χ2v) is 17.4. The first-order valence-electron chi connectivity index (χ1n) is 9.06. The van der Waals surface area contributed by atoms with Gasteiger partial charge in [0.05, 0.1) is 0 Å². The molecule has 0 spiro atoms. The summed E-state index contributed by atoms with van der Waals surface area (Å²) in [7, 11) is 0. The molecule has 0 N–H and O–H groups in total. The number of rotatable bonds is 7. The number of allylic oxidation sites excluding steroid dienone is 2. The average Bonchev–Trinajstić information content (AvgIpc) is 2.75. The zero-order valence-electron chi connectivity index (χ0n) is 15.4. The Morgan fingerprint density at radius 3 is 1.48 bits per heavy atom. The van der Waals surface area contributed by atoms with Crippen LogP contribution < -0.4 is 15.9 Å². The third-order valence-corrected chi connectivity index (χ3v) is 15.9. The molecule has 3 aromatic carbocycles. The Morgan fingerprint density at radius 1 is 0.704 bits per heavy atom. The van der Waals surface area contributed by atoms with Crippen LogP contribution in [0.3, 0.4) is 0 Å². The van der Waals surface area contributed by atoms with Crippen molar-refractivity contribution in [2.45, 2.75) is 6.92 Å². The van der Waals surface area contributed by atoms with E-state index in [0.717, 1.165) is 5.75 Å². The molecule has 0 fully saturated rings. The SMILES string of the molecule is CCSC=CC=CP(I)(c1ccccc1)(c1ccccc1)c1ccccc1. The molecule has 0 radical (unpaired) electrons. The van der Waals surface area contributed by atoms with Gasteiger partial charge in [0.1, 0.15) is 0 Å². The Bertz CT molecular complexity index is 805. The number of thioether (sulfide) groups is 1. The van der Waals surface area contributed by atoms with Crippen molar-refractivity contribution in [1.82, 2.24) is 0 Å². The van der Waals surface area contributed by atoms with E-state index in [4.69, 9.17) is 0 Å². The van der Waals surface area contributed by atoms with Gasteiger partial charge in [0.15, 0.2) is 0 Å². The molecule has 3 aromatic rings. The Balaban J connectivity index is 2.32. The first kappa shape index (κ1) is 20.4. The van der Waals surface area contributed by atoms with Crippen LogP contribution in [0.5, 0.6) is 0 Å². The number of hydrogen-bond acceptors (Lipinski definition) is 1. The van der Waals surface area contributed by atoms with Crippen LogP contribution in [0.4, 0.5) is 0 Å². The van der Waals surface area contributed by atoms with Crippen molar-refractivity contribution in [1.29, 1.82) is 0 Å². The second-order valence-electron chi connectivity index (χ2n) is 6.21. The van der Waals surface area contributed by atoms with Crippen molar-refractivity contribution in [3.05, 3.63) is 114 Å². The Labute approximate surface area is 180 Å². The molecule has 0 heterocycles. The molecule has 138 valence electrons. The molecular weight excluding hydrogens is 478 g/mol. The van der Waals surface area contributed by atoms with E-state index in [1.165, 1.54) is 15.9 Å². The van der Waals surface area contributed by atoms with Gasteiger partial charge in [0.25, 0.3) is 0 Å². The summed E-state index contributed by atoms with van der Waals surface area (Å²) in [6, 6.07) is 32.9. The van der Waals surface area contributed by atoms with Gasteiger partial charge < -0.3 is 0 Å². The Hall–Kier alpha value is -1.35. The average molecular weight is 502 g/mol. The summed E-state index contributed by atoms with van der Waals surface area (Å²) in [6.07, 6.45) is 4.41. The number of hydrogen-bond donors (Lipinski definition) is 0. The fourth-order valence-corrected chi connectivity index (χ4v) is 11.2. The van der Waals surface area contributed by atoms with E-state index in [9.17, 15) is 0 Å². The summed E-state index contributed by atoms with van der Waals surface area (Å²) in [6.45, 7) is 2.18. The minimum absolute atomic E-state index is 1.09. The first-order chi connectivity index (χ1) is 13.2. The van der Waals surface area contributed by atoms with Gasteiger partial charge in [-0.05, 0) is 0 Å². The monoisotopic (exact) mass is 502 g/mol. The van der Waals surface area contributed by atoms with Gasteiger partial charge >= 0.3 is 181 Å². The van der Waals surface area contributed by atoms with Gasteiger partial charge in [-0.25, -0.2) is 0 Å². The van der Waals surface area contributed by atoms with Crippen LogP contribution >= 0.6 is 38.0 Å². The molecule has 0 aromatic heterocycles. The summed E-state index contributed by atoms with van der Waals surface area (Å²) in [5.74, 6) is 3.55. The molecule has 0 saturated heterocycles. The van der Waals surface area contributed by atoms with Crippen molar-refractivity contribution >= 4 is 54.0 Å². The van der Waals surface area contributed by atoms with Crippen molar-refractivity contribution in [3.8, 4) is 0 Å². The standard InChI is InChI=1S/C24H24IPS/c1-2-27-21-13-12-20-26(25,22-14-6-3-7-15-22,23-16-8-4-9-17-23)24-18-10-5-11-19-24/h3-21H,2H2,1H3. The van der Waals surface area contributed by atoms with Gasteiger partial charge in [-0.2, -0.15) is 0 Å². The van der Waals surface area contributed by atoms with E-state index < -0.39 is 4.25 Å². The molecular formula is C24H24IPS. The van der Waals surface area contributed by atoms with Crippen molar-refractivity contribution in [2.24, 2.45) is 0 Å². The minimum atomic E-state index is -2.77. The molecule has 0 saturated carbocycles. The molecule has 3 rings (SSSR count). The van der Waals surface area contributed by atoms with Crippen LogP contribution in [0.25, 0.3) is 0 Å². The number of benzene rings is 3. The van der Waals surface area contributed by atoms with E-state index in [-0.39, 0.29) is 0 Å². The molecule has 0 amide bonds. The van der Waals surface area contributed by atoms with Crippen LogP contribution in [-0.2, 0) is 0 Å². The summed E-state index contributed by atoms with van der Waals surface area (Å²) in [5, 5.41) is 6.29. The predicted molar refractivity (Wildman–Crippen MR) is 136 cm³/mol. The molecule has 0 aliphatic carbocycles. The Kier molecular flexibility index (Phi) is 6.97. The molecule has 0 atom stereocenters. The summed E-state index contributed by atoms with van der Waals surface area (Å²) in [4.78, 5) is 0. The summed E-state index contributed by atoms with van der Waals surface area (Å²) in [5.41, 5.74) is 0. The second kappa shape index (κ2) is 9.23. The first-order valence-corrected chi connectivity index (χ1v) is 15.2. The molecule has 3 heteroatoms. The van der Waals surface area contributed by atoms with Crippen molar-refractivity contribution < 1.29 is 0 Å². The molecule has 0 unspecified atom stereocenters. The van der Waals surface area contributed by atoms with E-state index >= 15 is 0 Å². The van der Waals surface area contributed by atoms with E-state index in [2.05, 4.69) is 143 Å². The molecule has 0 aliphatic rings. The normalized spacial score (nSPS) is 13.6. The van der Waals surface area contributed by atoms with Gasteiger partial charge in [0.2, 0.25) is 0 Å². The molecule has 0 aliphatic heterocycles. The zero-order chi connectivity index (χ0) is 19.0. The van der Waals surface area contributed by atoms with Crippen LogP contribution in [0, 0.1) is 0 Å². The molecule has 0 bridgehead atoms. The van der Waals surface area contributed by atoms with Gasteiger partial charge in [-0.3, -0.25) is 0 Å². The zero-order valence-corrected chi connectivity index (χ0v) is 19.3.